The van der Waals surface area contributed by atoms with Gasteiger partial charge in [-0.05, 0) is 34.2 Å². The van der Waals surface area contributed by atoms with Crippen molar-refractivity contribution in [2.75, 3.05) is 0 Å². The van der Waals surface area contributed by atoms with Gasteiger partial charge < -0.3 is 5.11 Å². The Morgan fingerprint density at radius 1 is 0.640 bits per heavy atom. The van der Waals surface area contributed by atoms with Crippen LogP contribution in [0.2, 0.25) is 0 Å². The molecule has 0 radical (unpaired) electrons. The molecule has 0 heterocycles. The van der Waals surface area contributed by atoms with Gasteiger partial charge in [0.25, 0.3) is 0 Å². The molecule has 0 amide bonds. The number of hydrogen-bond acceptors (Lipinski definition) is 1. The second-order valence-corrected chi connectivity index (χ2v) is 6.02. The predicted octanol–water partition coefficient (Wildman–Crippen LogP) is 6.13. The van der Waals surface area contributed by atoms with Crippen LogP contribution in [0.3, 0.4) is 0 Å². The van der Waals surface area contributed by atoms with Gasteiger partial charge in [0.1, 0.15) is 5.75 Å². The van der Waals surface area contributed by atoms with Crippen molar-refractivity contribution >= 4 is 22.4 Å². The van der Waals surface area contributed by atoms with Crippen LogP contribution in [-0.4, -0.2) is 5.11 Å². The first-order valence-corrected chi connectivity index (χ1v) is 8.36. The Kier molecular flexibility index (Phi) is 4.05. The van der Waals surface area contributed by atoms with Crippen molar-refractivity contribution in [3.63, 3.8) is 0 Å². The van der Waals surface area contributed by atoms with E-state index in [0.717, 1.165) is 33.0 Å². The molecule has 0 bridgehead atoms. The van der Waals surface area contributed by atoms with E-state index in [1.807, 2.05) is 66.7 Å². The third-order valence-corrected chi connectivity index (χ3v) is 4.39. The Morgan fingerprint density at radius 3 is 2.04 bits per heavy atom. The van der Waals surface area contributed by atoms with Gasteiger partial charge in [-0.25, -0.2) is 0 Å². The molecule has 0 fully saturated rings. The van der Waals surface area contributed by atoms with Gasteiger partial charge in [0.05, 0.1) is 0 Å². The lowest BCUT2D eigenvalue weighted by atomic mass is 9.93. The molecular formula is C24H18O. The lowest BCUT2D eigenvalue weighted by Gasteiger charge is -2.13. The van der Waals surface area contributed by atoms with Gasteiger partial charge in [-0.15, -0.1) is 0 Å². The fourth-order valence-electron chi connectivity index (χ4n) is 3.12. The standard InChI is InChI=1S/C24H18O/c25-24-21-14-8-7-13-20(21)15-16-22(24)23(19-11-5-2-6-12-19)17-18-9-3-1-4-10-18/h1-17,25H/b23-17+. The molecule has 4 aromatic carbocycles. The molecule has 0 spiro atoms. The van der Waals surface area contributed by atoms with Gasteiger partial charge in [-0.1, -0.05) is 91.0 Å². The minimum Gasteiger partial charge on any atom is -0.507 e. The Balaban J connectivity index is 1.96. The fraction of sp³-hybridized carbons (Fsp3) is 0. The van der Waals surface area contributed by atoms with Crippen LogP contribution in [0.1, 0.15) is 16.7 Å². The molecular weight excluding hydrogens is 304 g/mol. The molecule has 4 aromatic rings. The smallest absolute Gasteiger partial charge is 0.131 e. The Bertz CT molecular complexity index is 1030. The molecule has 0 atom stereocenters. The molecule has 0 aliphatic heterocycles. The third kappa shape index (κ3) is 3.05. The van der Waals surface area contributed by atoms with Crippen LogP contribution in [0.4, 0.5) is 0 Å². The van der Waals surface area contributed by atoms with Gasteiger partial charge in [0.2, 0.25) is 0 Å². The quantitative estimate of drug-likeness (QED) is 0.450. The first-order valence-electron chi connectivity index (χ1n) is 8.36. The first-order chi connectivity index (χ1) is 12.3. The summed E-state index contributed by atoms with van der Waals surface area (Å²) in [6.45, 7) is 0. The summed E-state index contributed by atoms with van der Waals surface area (Å²) in [6, 6.07) is 32.4. The summed E-state index contributed by atoms with van der Waals surface area (Å²) in [4.78, 5) is 0. The predicted molar refractivity (Wildman–Crippen MR) is 105 cm³/mol. The number of benzene rings is 4. The maximum absolute atomic E-state index is 10.9. The highest BCUT2D eigenvalue weighted by molar-refractivity contribution is 5.99. The second kappa shape index (κ2) is 6.66. The summed E-state index contributed by atoms with van der Waals surface area (Å²) >= 11 is 0. The van der Waals surface area contributed by atoms with Gasteiger partial charge in [0.15, 0.2) is 0 Å². The summed E-state index contributed by atoms with van der Waals surface area (Å²) in [5.74, 6) is 0.323. The normalized spacial score (nSPS) is 11.6. The topological polar surface area (TPSA) is 20.2 Å². The number of fused-ring (bicyclic) bond motifs is 1. The SMILES string of the molecule is Oc1c(/C(=C/c2ccccc2)c2ccccc2)ccc2ccccc12. The van der Waals surface area contributed by atoms with E-state index in [4.69, 9.17) is 0 Å². The third-order valence-electron chi connectivity index (χ3n) is 4.39. The zero-order valence-corrected chi connectivity index (χ0v) is 13.8. The number of phenols is 1. The van der Waals surface area contributed by atoms with E-state index >= 15 is 0 Å². The molecule has 120 valence electrons. The van der Waals surface area contributed by atoms with Crippen LogP contribution in [-0.2, 0) is 0 Å². The number of aromatic hydroxyl groups is 1. The molecule has 0 aliphatic carbocycles. The Morgan fingerprint density at radius 2 is 1.28 bits per heavy atom. The molecule has 4 rings (SSSR count). The Labute approximate surface area is 147 Å². The molecule has 1 heteroatoms. The average Bonchev–Trinajstić information content (AvgIpc) is 2.69. The van der Waals surface area contributed by atoms with Gasteiger partial charge in [-0.3, -0.25) is 0 Å². The first kappa shape index (κ1) is 15.2. The van der Waals surface area contributed by atoms with Gasteiger partial charge >= 0.3 is 0 Å². The van der Waals surface area contributed by atoms with Crippen LogP contribution in [0.15, 0.2) is 97.1 Å². The van der Waals surface area contributed by atoms with Crippen molar-refractivity contribution in [2.24, 2.45) is 0 Å². The minimum absolute atomic E-state index is 0.323. The van der Waals surface area contributed by atoms with Crippen LogP contribution >= 0.6 is 0 Å². The molecule has 0 saturated heterocycles. The summed E-state index contributed by atoms with van der Waals surface area (Å²) in [5.41, 5.74) is 4.04. The average molecular weight is 322 g/mol. The zero-order chi connectivity index (χ0) is 17.1. The molecule has 1 N–H and O–H groups in total. The lowest BCUT2D eigenvalue weighted by Crippen LogP contribution is -1.90. The van der Waals surface area contributed by atoms with Crippen molar-refractivity contribution in [1.82, 2.24) is 0 Å². The highest BCUT2D eigenvalue weighted by Gasteiger charge is 2.12. The van der Waals surface area contributed by atoms with E-state index in [9.17, 15) is 5.11 Å². The summed E-state index contributed by atoms with van der Waals surface area (Å²) in [5, 5.41) is 12.8. The zero-order valence-electron chi connectivity index (χ0n) is 13.8. The molecule has 1 nitrogen and oxygen atoms in total. The largest absolute Gasteiger partial charge is 0.507 e. The molecule has 0 unspecified atom stereocenters. The molecule has 0 aromatic heterocycles. The van der Waals surface area contributed by atoms with Crippen LogP contribution in [0.25, 0.3) is 22.4 Å². The van der Waals surface area contributed by atoms with E-state index in [2.05, 4.69) is 36.4 Å². The fourth-order valence-corrected chi connectivity index (χ4v) is 3.12. The van der Waals surface area contributed by atoms with Crippen LogP contribution in [0.5, 0.6) is 5.75 Å². The van der Waals surface area contributed by atoms with E-state index in [1.165, 1.54) is 0 Å². The summed E-state index contributed by atoms with van der Waals surface area (Å²) in [6.07, 6.45) is 2.12. The van der Waals surface area contributed by atoms with Crippen molar-refractivity contribution in [1.29, 1.82) is 0 Å². The Hall–Kier alpha value is -3.32. The molecule has 0 saturated carbocycles. The van der Waals surface area contributed by atoms with Crippen LogP contribution < -0.4 is 0 Å². The maximum Gasteiger partial charge on any atom is 0.131 e. The van der Waals surface area contributed by atoms with E-state index in [1.54, 1.807) is 0 Å². The molecule has 25 heavy (non-hydrogen) atoms. The van der Waals surface area contributed by atoms with Crippen molar-refractivity contribution in [2.45, 2.75) is 0 Å². The van der Waals surface area contributed by atoms with Gasteiger partial charge in [-0.2, -0.15) is 0 Å². The van der Waals surface area contributed by atoms with Gasteiger partial charge in [0, 0.05) is 10.9 Å². The van der Waals surface area contributed by atoms with Crippen molar-refractivity contribution < 1.29 is 5.11 Å². The lowest BCUT2D eigenvalue weighted by molar-refractivity contribution is 0.480. The van der Waals surface area contributed by atoms with E-state index < -0.39 is 0 Å². The molecule has 0 aliphatic rings. The number of phenolic OH excluding ortho intramolecular Hbond substituents is 1. The van der Waals surface area contributed by atoms with E-state index in [0.29, 0.717) is 5.75 Å². The monoisotopic (exact) mass is 322 g/mol. The highest BCUT2D eigenvalue weighted by Crippen LogP contribution is 2.37. The summed E-state index contributed by atoms with van der Waals surface area (Å²) in [7, 11) is 0. The summed E-state index contributed by atoms with van der Waals surface area (Å²) < 4.78 is 0. The van der Waals surface area contributed by atoms with Crippen molar-refractivity contribution in [3.05, 3.63) is 114 Å². The maximum atomic E-state index is 10.9. The van der Waals surface area contributed by atoms with Crippen LogP contribution in [0, 0.1) is 0 Å². The minimum atomic E-state index is 0.323. The highest BCUT2D eigenvalue weighted by atomic mass is 16.3. The number of rotatable bonds is 3. The van der Waals surface area contributed by atoms with Crippen molar-refractivity contribution in [3.8, 4) is 5.75 Å². The van der Waals surface area contributed by atoms with E-state index in [-0.39, 0.29) is 0 Å². The second-order valence-electron chi connectivity index (χ2n) is 6.02. The number of hydrogen-bond donors (Lipinski definition) is 1.